The lowest BCUT2D eigenvalue weighted by atomic mass is 9.95. The zero-order chi connectivity index (χ0) is 32.0. The van der Waals surface area contributed by atoms with Crippen molar-refractivity contribution < 1.29 is 37.4 Å². The van der Waals surface area contributed by atoms with Crippen LogP contribution in [-0.4, -0.2) is 76.3 Å². The fraction of sp³-hybridized carbons (Fsp3) is 0.448. The highest BCUT2D eigenvalue weighted by Crippen LogP contribution is 2.46. The maximum atomic E-state index is 13.0. The van der Waals surface area contributed by atoms with Crippen molar-refractivity contribution >= 4 is 37.9 Å². The minimum absolute atomic E-state index is 0.297. The Morgan fingerprint density at radius 3 is 2.45 bits per heavy atom. The van der Waals surface area contributed by atoms with E-state index < -0.39 is 62.5 Å². The molecule has 1 unspecified atom stereocenters. The minimum Gasteiger partial charge on any atom is -0.455 e. The Balaban J connectivity index is 1.77. The largest absolute Gasteiger partial charge is 0.455 e. The molecular weight excluding hydrogens is 591 g/mol. The van der Waals surface area contributed by atoms with Crippen LogP contribution < -0.4 is 4.52 Å². The standard InChI is InChI=1S/C29H35N6O8P/c1-18(2)27(36)40-24-23(21-12-13-22-26(32-17-34(5)6)31-16-33-35(21)22)42-29(14-30,25(24)41-28(37)19(3)4)15-39-44(38)43-20-10-8-7-9-11-20/h7-13,16-19,23-25,44H,15H2,1-6H3/b32-17+/t23-,24-,25-,29+/m0/s1. The van der Waals surface area contributed by atoms with E-state index in [2.05, 4.69) is 15.1 Å². The molecule has 234 valence electrons. The summed E-state index contributed by atoms with van der Waals surface area (Å²) in [6.07, 6.45) is -1.08. The van der Waals surface area contributed by atoms with Crippen LogP contribution in [0.2, 0.25) is 0 Å². The molecule has 0 amide bonds. The maximum Gasteiger partial charge on any atom is 0.367 e. The van der Waals surface area contributed by atoms with Gasteiger partial charge in [-0.3, -0.25) is 14.1 Å². The third-order valence-corrected chi connectivity index (χ3v) is 7.32. The van der Waals surface area contributed by atoms with E-state index in [4.69, 9.17) is 23.3 Å². The van der Waals surface area contributed by atoms with E-state index in [1.54, 1.807) is 81.4 Å². The first-order valence-electron chi connectivity index (χ1n) is 13.9. The Morgan fingerprint density at radius 2 is 1.82 bits per heavy atom. The van der Waals surface area contributed by atoms with Crippen LogP contribution in [-0.2, 0) is 32.9 Å². The number of aliphatic imine (C=N–C) groups is 1. The van der Waals surface area contributed by atoms with Gasteiger partial charge in [-0.2, -0.15) is 10.4 Å². The second-order valence-corrected chi connectivity index (χ2v) is 11.9. The molecule has 4 rings (SSSR count). The quantitative estimate of drug-likeness (QED) is 0.123. The van der Waals surface area contributed by atoms with Crippen LogP contribution >= 0.6 is 8.25 Å². The summed E-state index contributed by atoms with van der Waals surface area (Å²) in [5, 5.41) is 14.9. The number of benzene rings is 1. The van der Waals surface area contributed by atoms with E-state index in [9.17, 15) is 19.4 Å². The molecule has 1 fully saturated rings. The molecule has 3 aromatic rings. The number of nitriles is 1. The van der Waals surface area contributed by atoms with Crippen molar-refractivity contribution in [2.45, 2.75) is 51.6 Å². The highest BCUT2D eigenvalue weighted by Gasteiger charge is 2.62. The van der Waals surface area contributed by atoms with Gasteiger partial charge in [0.2, 0.25) is 5.60 Å². The first-order valence-corrected chi connectivity index (χ1v) is 15.1. The van der Waals surface area contributed by atoms with E-state index in [1.165, 1.54) is 10.8 Å². The molecule has 1 saturated heterocycles. The Labute approximate surface area is 255 Å². The van der Waals surface area contributed by atoms with Crippen molar-refractivity contribution in [3.8, 4) is 11.8 Å². The van der Waals surface area contributed by atoms with Gasteiger partial charge in [-0.1, -0.05) is 45.9 Å². The molecule has 0 N–H and O–H groups in total. The smallest absolute Gasteiger partial charge is 0.367 e. The molecule has 0 saturated carbocycles. The zero-order valence-electron chi connectivity index (χ0n) is 25.2. The first kappa shape index (κ1) is 32.6. The van der Waals surface area contributed by atoms with Crippen LogP contribution in [0.25, 0.3) is 5.52 Å². The average Bonchev–Trinajstić information content (AvgIpc) is 3.55. The number of aromatic nitrogens is 3. The molecule has 14 nitrogen and oxygen atoms in total. The number of para-hydroxylation sites is 1. The van der Waals surface area contributed by atoms with Gasteiger partial charge in [0.05, 0.1) is 23.9 Å². The Kier molecular flexibility index (Phi) is 10.4. The van der Waals surface area contributed by atoms with Crippen LogP contribution in [0.1, 0.15) is 39.5 Å². The van der Waals surface area contributed by atoms with Gasteiger partial charge in [0.15, 0.2) is 18.0 Å². The van der Waals surface area contributed by atoms with E-state index >= 15 is 0 Å². The molecule has 0 radical (unpaired) electrons. The molecule has 3 heterocycles. The number of hydrogen-bond acceptors (Lipinski definition) is 12. The molecule has 1 aromatic carbocycles. The normalized spacial score (nSPS) is 22.3. The molecule has 5 atom stereocenters. The number of carbonyl (C=O) groups is 2. The molecule has 0 spiro atoms. The zero-order valence-corrected chi connectivity index (χ0v) is 26.2. The molecule has 15 heteroatoms. The summed E-state index contributed by atoms with van der Waals surface area (Å²) < 4.78 is 43.2. The molecule has 1 aliphatic heterocycles. The monoisotopic (exact) mass is 626 g/mol. The fourth-order valence-electron chi connectivity index (χ4n) is 4.28. The van der Waals surface area contributed by atoms with Gasteiger partial charge >= 0.3 is 20.2 Å². The first-order chi connectivity index (χ1) is 21.0. The summed E-state index contributed by atoms with van der Waals surface area (Å²) in [5.74, 6) is -1.78. The Morgan fingerprint density at radius 1 is 1.14 bits per heavy atom. The van der Waals surface area contributed by atoms with Crippen LogP contribution in [0.15, 0.2) is 53.8 Å². The summed E-state index contributed by atoms with van der Waals surface area (Å²) in [5.41, 5.74) is -1.19. The minimum atomic E-state index is -3.20. The highest BCUT2D eigenvalue weighted by molar-refractivity contribution is 7.33. The molecule has 0 bridgehead atoms. The number of hydrogen-bond donors (Lipinski definition) is 0. The van der Waals surface area contributed by atoms with Crippen molar-refractivity contribution in [2.24, 2.45) is 16.8 Å². The van der Waals surface area contributed by atoms with Gasteiger partial charge in [-0.25, -0.2) is 19.1 Å². The van der Waals surface area contributed by atoms with Gasteiger partial charge in [-0.05, 0) is 24.3 Å². The summed E-state index contributed by atoms with van der Waals surface area (Å²) in [4.78, 5) is 36.3. The van der Waals surface area contributed by atoms with Crippen LogP contribution in [0.5, 0.6) is 5.75 Å². The van der Waals surface area contributed by atoms with Gasteiger partial charge in [0, 0.05) is 14.1 Å². The number of ether oxygens (including phenoxy) is 3. The Hall–Kier alpha value is -4.31. The topological polar surface area (TPSA) is 167 Å². The van der Waals surface area contributed by atoms with Crippen molar-refractivity contribution in [1.82, 2.24) is 19.5 Å². The second kappa shape index (κ2) is 14.0. The van der Waals surface area contributed by atoms with Gasteiger partial charge in [0.1, 0.15) is 36.4 Å². The lowest BCUT2D eigenvalue weighted by Crippen LogP contribution is -2.49. The SMILES string of the molecule is CC(C)C(=O)O[C@H]1[C@H](c2ccc3c(/N=C/N(C)C)ncnn23)O[C@](C#N)(CO[PH](=O)Oc2ccccc2)[C@H]1OC(=O)C(C)C. The maximum absolute atomic E-state index is 13.0. The molecule has 44 heavy (non-hydrogen) atoms. The lowest BCUT2D eigenvalue weighted by molar-refractivity contribution is -0.173. The number of rotatable bonds is 12. The molecule has 2 aromatic heterocycles. The molecule has 1 aliphatic rings. The average molecular weight is 627 g/mol. The van der Waals surface area contributed by atoms with Crippen LogP contribution in [0.3, 0.4) is 0 Å². The predicted octanol–water partition coefficient (Wildman–Crippen LogP) is 3.91. The van der Waals surface area contributed by atoms with Crippen molar-refractivity contribution in [3.05, 3.63) is 54.5 Å². The number of nitrogens with zero attached hydrogens (tertiary/aromatic N) is 6. The number of carbonyl (C=O) groups excluding carboxylic acids is 2. The summed E-state index contributed by atoms with van der Waals surface area (Å²) >= 11 is 0. The third-order valence-electron chi connectivity index (χ3n) is 6.53. The molecular formula is C29H35N6O8P. The van der Waals surface area contributed by atoms with E-state index in [-0.39, 0.29) is 0 Å². The number of esters is 2. The van der Waals surface area contributed by atoms with E-state index in [1.807, 2.05) is 20.2 Å². The third kappa shape index (κ3) is 7.24. The van der Waals surface area contributed by atoms with Crippen molar-refractivity contribution in [2.75, 3.05) is 20.7 Å². The van der Waals surface area contributed by atoms with Crippen LogP contribution in [0.4, 0.5) is 5.82 Å². The lowest BCUT2D eigenvalue weighted by Gasteiger charge is -2.29. The summed E-state index contributed by atoms with van der Waals surface area (Å²) in [6.45, 7) is 5.90. The number of fused-ring (bicyclic) bond motifs is 1. The predicted molar refractivity (Wildman–Crippen MR) is 158 cm³/mol. The van der Waals surface area contributed by atoms with Gasteiger partial charge < -0.3 is 23.6 Å². The van der Waals surface area contributed by atoms with Crippen molar-refractivity contribution in [3.63, 3.8) is 0 Å². The van der Waals surface area contributed by atoms with E-state index in [0.717, 1.165) is 0 Å². The van der Waals surface area contributed by atoms with Crippen LogP contribution in [0, 0.1) is 23.2 Å². The molecule has 0 aliphatic carbocycles. The van der Waals surface area contributed by atoms with E-state index in [0.29, 0.717) is 22.8 Å². The highest BCUT2D eigenvalue weighted by atomic mass is 31.1. The summed E-state index contributed by atoms with van der Waals surface area (Å²) in [6, 6.07) is 13.8. The Bertz CT molecular complexity index is 1570. The van der Waals surface area contributed by atoms with Crippen molar-refractivity contribution in [1.29, 1.82) is 5.26 Å². The van der Waals surface area contributed by atoms with Gasteiger partial charge in [0.25, 0.3) is 0 Å². The fourth-order valence-corrected chi connectivity index (χ4v) is 5.00. The van der Waals surface area contributed by atoms with Gasteiger partial charge in [-0.15, -0.1) is 0 Å². The second-order valence-electron chi connectivity index (χ2n) is 10.9. The summed E-state index contributed by atoms with van der Waals surface area (Å²) in [7, 11) is 0.429.